The highest BCUT2D eigenvalue weighted by atomic mass is 35.5. The summed E-state index contributed by atoms with van der Waals surface area (Å²) in [4.78, 5) is 11.6. The zero-order chi connectivity index (χ0) is 19.8. The maximum atomic E-state index is 11.6. The summed E-state index contributed by atoms with van der Waals surface area (Å²) in [5.74, 6) is -0.334. The monoisotopic (exact) mass is 388 g/mol. The van der Waals surface area contributed by atoms with Gasteiger partial charge in [0.15, 0.2) is 0 Å². The molecule has 146 valence electrons. The SMILES string of the molecule is CC1(C)CC(c2ccc(Cl)cc2)=C(/C=C/[C@@H]2C[C@@H](O)CC(=O)O2)C(C)(C)C1. The van der Waals surface area contributed by atoms with Crippen molar-refractivity contribution >= 4 is 23.1 Å². The summed E-state index contributed by atoms with van der Waals surface area (Å²) in [7, 11) is 0. The molecular formula is C23H29ClO3. The molecule has 0 radical (unpaired) electrons. The topological polar surface area (TPSA) is 46.5 Å². The van der Waals surface area contributed by atoms with E-state index in [9.17, 15) is 9.90 Å². The lowest BCUT2D eigenvalue weighted by Gasteiger charge is -2.43. The summed E-state index contributed by atoms with van der Waals surface area (Å²) < 4.78 is 5.39. The van der Waals surface area contributed by atoms with Crippen LogP contribution in [0.5, 0.6) is 0 Å². The van der Waals surface area contributed by atoms with Crippen molar-refractivity contribution in [2.24, 2.45) is 10.8 Å². The molecular weight excluding hydrogens is 360 g/mol. The van der Waals surface area contributed by atoms with Gasteiger partial charge in [0.25, 0.3) is 0 Å². The second-order valence-corrected chi connectivity index (χ2v) is 9.72. The van der Waals surface area contributed by atoms with Crippen LogP contribution in [0, 0.1) is 10.8 Å². The number of ether oxygens (including phenoxy) is 1. The molecule has 0 bridgehead atoms. The lowest BCUT2D eigenvalue weighted by Crippen LogP contribution is -2.32. The maximum absolute atomic E-state index is 11.6. The molecule has 0 spiro atoms. The molecule has 1 N–H and O–H groups in total. The number of halogens is 1. The summed E-state index contributed by atoms with van der Waals surface area (Å²) in [5.41, 5.74) is 3.95. The van der Waals surface area contributed by atoms with Gasteiger partial charge in [-0.05, 0) is 58.6 Å². The van der Waals surface area contributed by atoms with E-state index in [2.05, 4.69) is 45.9 Å². The van der Waals surface area contributed by atoms with Gasteiger partial charge in [0, 0.05) is 11.4 Å². The molecule has 1 aliphatic heterocycles. The number of esters is 1. The molecule has 1 saturated heterocycles. The highest BCUT2D eigenvalue weighted by molar-refractivity contribution is 6.30. The third-order valence-corrected chi connectivity index (χ3v) is 5.74. The molecule has 1 heterocycles. The van der Waals surface area contributed by atoms with Crippen LogP contribution in [0.25, 0.3) is 5.57 Å². The Hall–Kier alpha value is -1.58. The van der Waals surface area contributed by atoms with Crippen molar-refractivity contribution in [1.29, 1.82) is 0 Å². The first kappa shape index (κ1) is 20.2. The van der Waals surface area contributed by atoms with E-state index in [1.54, 1.807) is 0 Å². The van der Waals surface area contributed by atoms with Crippen LogP contribution in [0.3, 0.4) is 0 Å². The molecule has 0 saturated carbocycles. The fraction of sp³-hybridized carbons (Fsp3) is 0.522. The van der Waals surface area contributed by atoms with Gasteiger partial charge in [-0.2, -0.15) is 0 Å². The fourth-order valence-electron chi connectivity index (χ4n) is 4.70. The van der Waals surface area contributed by atoms with Gasteiger partial charge in [-0.1, -0.05) is 57.5 Å². The third-order valence-electron chi connectivity index (χ3n) is 5.49. The molecule has 3 rings (SSSR count). The van der Waals surface area contributed by atoms with Crippen molar-refractivity contribution in [3.8, 4) is 0 Å². The molecule has 1 aromatic rings. The fourth-order valence-corrected chi connectivity index (χ4v) is 4.83. The average Bonchev–Trinajstić information content (AvgIpc) is 2.51. The summed E-state index contributed by atoms with van der Waals surface area (Å²) in [6.45, 7) is 9.16. The summed E-state index contributed by atoms with van der Waals surface area (Å²) >= 11 is 6.09. The van der Waals surface area contributed by atoms with Gasteiger partial charge in [0.1, 0.15) is 6.10 Å². The Labute approximate surface area is 167 Å². The zero-order valence-electron chi connectivity index (χ0n) is 16.6. The number of allylic oxidation sites excluding steroid dienone is 3. The first-order valence-electron chi connectivity index (χ1n) is 9.61. The minimum Gasteiger partial charge on any atom is -0.458 e. The zero-order valence-corrected chi connectivity index (χ0v) is 17.3. The number of carbonyl (C=O) groups is 1. The predicted molar refractivity (Wildman–Crippen MR) is 109 cm³/mol. The van der Waals surface area contributed by atoms with Crippen molar-refractivity contribution < 1.29 is 14.6 Å². The molecule has 1 aliphatic carbocycles. The predicted octanol–water partition coefficient (Wildman–Crippen LogP) is 5.56. The normalized spacial score (nSPS) is 27.7. The van der Waals surface area contributed by atoms with Crippen molar-refractivity contribution in [1.82, 2.24) is 0 Å². The van der Waals surface area contributed by atoms with Gasteiger partial charge >= 0.3 is 5.97 Å². The molecule has 1 fully saturated rings. The summed E-state index contributed by atoms with van der Waals surface area (Å²) in [5, 5.41) is 10.6. The molecule has 2 atom stereocenters. The van der Waals surface area contributed by atoms with E-state index < -0.39 is 6.10 Å². The minimum absolute atomic E-state index is 0.00941. The molecule has 4 heteroatoms. The van der Waals surface area contributed by atoms with Crippen LogP contribution in [0.1, 0.15) is 58.9 Å². The highest BCUT2D eigenvalue weighted by Crippen LogP contribution is 2.52. The van der Waals surface area contributed by atoms with E-state index in [-0.39, 0.29) is 29.3 Å². The number of hydrogen-bond acceptors (Lipinski definition) is 3. The molecule has 27 heavy (non-hydrogen) atoms. The number of aliphatic hydroxyl groups excluding tert-OH is 1. The Kier molecular flexibility index (Phi) is 5.56. The number of hydrogen-bond donors (Lipinski definition) is 1. The number of aliphatic hydroxyl groups is 1. The van der Waals surface area contributed by atoms with E-state index in [1.165, 1.54) is 16.7 Å². The third kappa shape index (κ3) is 4.83. The average molecular weight is 389 g/mol. The first-order valence-corrected chi connectivity index (χ1v) is 9.99. The van der Waals surface area contributed by atoms with E-state index in [1.807, 2.05) is 18.2 Å². The standard InChI is InChI=1S/C23H29ClO3/c1-22(2)13-19(15-5-7-16(24)8-6-15)20(23(3,4)14-22)10-9-18-11-17(25)12-21(26)27-18/h5-10,17-18,25H,11-14H2,1-4H3/b10-9+/t17-,18-/m1/s1. The van der Waals surface area contributed by atoms with Crippen molar-refractivity contribution in [3.05, 3.63) is 52.6 Å². The van der Waals surface area contributed by atoms with E-state index >= 15 is 0 Å². The Morgan fingerprint density at radius 3 is 2.48 bits per heavy atom. The molecule has 0 aromatic heterocycles. The van der Waals surface area contributed by atoms with Crippen LogP contribution in [0.4, 0.5) is 0 Å². The van der Waals surface area contributed by atoms with Gasteiger partial charge in [0.05, 0.1) is 12.5 Å². The van der Waals surface area contributed by atoms with Crippen LogP contribution in [-0.2, 0) is 9.53 Å². The van der Waals surface area contributed by atoms with Crippen LogP contribution in [0.15, 0.2) is 42.0 Å². The Bertz CT molecular complexity index is 771. The molecule has 2 aliphatic rings. The minimum atomic E-state index is -0.621. The highest BCUT2D eigenvalue weighted by Gasteiger charge is 2.38. The van der Waals surface area contributed by atoms with Gasteiger partial charge in [-0.25, -0.2) is 0 Å². The molecule has 3 nitrogen and oxygen atoms in total. The number of carbonyl (C=O) groups excluding carboxylic acids is 1. The van der Waals surface area contributed by atoms with Crippen LogP contribution in [-0.4, -0.2) is 23.3 Å². The Morgan fingerprint density at radius 1 is 1.19 bits per heavy atom. The second kappa shape index (κ2) is 7.44. The number of rotatable bonds is 3. The molecule has 0 amide bonds. The Morgan fingerprint density at radius 2 is 1.85 bits per heavy atom. The quantitative estimate of drug-likeness (QED) is 0.689. The van der Waals surface area contributed by atoms with Crippen molar-refractivity contribution in [2.45, 2.75) is 65.6 Å². The maximum Gasteiger partial charge on any atom is 0.309 e. The van der Waals surface area contributed by atoms with Crippen LogP contribution >= 0.6 is 11.6 Å². The number of cyclic esters (lactones) is 1. The first-order chi connectivity index (χ1) is 12.6. The van der Waals surface area contributed by atoms with Gasteiger partial charge < -0.3 is 9.84 Å². The van der Waals surface area contributed by atoms with E-state index in [0.29, 0.717) is 6.42 Å². The summed E-state index contributed by atoms with van der Waals surface area (Å²) in [6, 6.07) is 8.01. The largest absolute Gasteiger partial charge is 0.458 e. The smallest absolute Gasteiger partial charge is 0.309 e. The lowest BCUT2D eigenvalue weighted by atomic mass is 9.61. The van der Waals surface area contributed by atoms with Gasteiger partial charge in [-0.15, -0.1) is 0 Å². The number of benzene rings is 1. The van der Waals surface area contributed by atoms with E-state index in [0.717, 1.165) is 17.9 Å². The van der Waals surface area contributed by atoms with Crippen LogP contribution in [0.2, 0.25) is 5.02 Å². The lowest BCUT2D eigenvalue weighted by molar-refractivity contribution is -0.156. The van der Waals surface area contributed by atoms with Crippen LogP contribution < -0.4 is 0 Å². The van der Waals surface area contributed by atoms with Gasteiger partial charge in [-0.3, -0.25) is 4.79 Å². The van der Waals surface area contributed by atoms with Crippen molar-refractivity contribution in [2.75, 3.05) is 0 Å². The summed E-state index contributed by atoms with van der Waals surface area (Å²) in [6.07, 6.45) is 5.64. The second-order valence-electron chi connectivity index (χ2n) is 9.28. The molecule has 1 aromatic carbocycles. The molecule has 0 unspecified atom stereocenters. The van der Waals surface area contributed by atoms with Crippen molar-refractivity contribution in [3.63, 3.8) is 0 Å². The van der Waals surface area contributed by atoms with Gasteiger partial charge in [0.2, 0.25) is 0 Å². The van der Waals surface area contributed by atoms with E-state index in [4.69, 9.17) is 16.3 Å². The Balaban J connectivity index is 2.00.